The normalized spacial score (nSPS) is 15.2. The molecule has 0 atom stereocenters. The molecule has 2 heteroatoms. The van der Waals surface area contributed by atoms with Crippen molar-refractivity contribution in [3.8, 4) is 44.5 Å². The molecule has 1 heterocycles. The summed E-state index contributed by atoms with van der Waals surface area (Å²) in [7, 11) is 0. The summed E-state index contributed by atoms with van der Waals surface area (Å²) in [6.45, 7) is 19.6. The van der Waals surface area contributed by atoms with Crippen LogP contribution < -0.4 is 4.90 Å². The third kappa shape index (κ3) is 6.38. The molecule has 0 spiro atoms. The van der Waals surface area contributed by atoms with Crippen LogP contribution in [0.4, 0.5) is 17.1 Å². The number of hydrogen-bond acceptors (Lipinski definition) is 2. The van der Waals surface area contributed by atoms with Gasteiger partial charge in [-0.25, -0.2) is 0 Å². The third-order valence-electron chi connectivity index (χ3n) is 16.8. The SMILES string of the molecule is CC(C)C1(C(C)C)c2cc(N(c3ccc(C4=CCCC=C4)cc3)c3ccc(-c4cccc5c4oc4ccccc45)cc3)ccc2-c2cc3c(cc21)-c1c(-c2ccccc2)cccc1C3(C(C)C)C(C)C. The van der Waals surface area contributed by atoms with Crippen LogP contribution in [0.1, 0.15) is 96.0 Å². The van der Waals surface area contributed by atoms with E-state index in [0.29, 0.717) is 23.7 Å². The van der Waals surface area contributed by atoms with E-state index < -0.39 is 0 Å². The quantitative estimate of drug-likeness (QED) is 0.136. The van der Waals surface area contributed by atoms with Crippen LogP contribution in [-0.4, -0.2) is 0 Å². The maximum Gasteiger partial charge on any atom is 0.143 e. The zero-order chi connectivity index (χ0) is 48.1. The van der Waals surface area contributed by atoms with Crippen molar-refractivity contribution in [1.29, 1.82) is 0 Å². The van der Waals surface area contributed by atoms with Gasteiger partial charge in [-0.15, -0.1) is 0 Å². The Morgan fingerprint density at radius 1 is 0.414 bits per heavy atom. The summed E-state index contributed by atoms with van der Waals surface area (Å²) < 4.78 is 6.53. The van der Waals surface area contributed by atoms with Crippen molar-refractivity contribution in [2.24, 2.45) is 23.7 Å². The lowest BCUT2D eigenvalue weighted by Crippen LogP contribution is -2.38. The van der Waals surface area contributed by atoms with E-state index >= 15 is 0 Å². The Labute approximate surface area is 415 Å². The molecule has 0 unspecified atom stereocenters. The number of hydrogen-bond donors (Lipinski definition) is 0. The first kappa shape index (κ1) is 44.1. The molecule has 0 saturated carbocycles. The van der Waals surface area contributed by atoms with Crippen molar-refractivity contribution in [2.75, 3.05) is 4.90 Å². The molecule has 3 aliphatic rings. The molecule has 0 bridgehead atoms. The van der Waals surface area contributed by atoms with Gasteiger partial charge in [-0.2, -0.15) is 0 Å². The molecule has 8 aromatic carbocycles. The highest BCUT2D eigenvalue weighted by molar-refractivity contribution is 6.09. The van der Waals surface area contributed by atoms with Crippen molar-refractivity contribution < 1.29 is 4.42 Å². The predicted molar refractivity (Wildman–Crippen MR) is 297 cm³/mol. The molecular formula is C68H63NO. The predicted octanol–water partition coefficient (Wildman–Crippen LogP) is 19.3. The lowest BCUT2D eigenvalue weighted by atomic mass is 9.61. The highest BCUT2D eigenvalue weighted by Gasteiger charge is 2.53. The molecule has 3 aliphatic carbocycles. The van der Waals surface area contributed by atoms with Crippen LogP contribution in [0, 0.1) is 23.7 Å². The lowest BCUT2D eigenvalue weighted by molar-refractivity contribution is 0.277. The number of para-hydroxylation sites is 2. The summed E-state index contributed by atoms with van der Waals surface area (Å²) in [6.07, 6.45) is 9.12. The molecule has 12 rings (SSSR count). The maximum absolute atomic E-state index is 6.53. The average Bonchev–Trinajstić information content (AvgIpc) is 4.01. The fourth-order valence-electron chi connectivity index (χ4n) is 14.0. The van der Waals surface area contributed by atoms with E-state index in [1.165, 1.54) is 66.8 Å². The van der Waals surface area contributed by atoms with E-state index in [-0.39, 0.29) is 10.8 Å². The minimum absolute atomic E-state index is 0.139. The standard InChI is InChI=1S/C68H63NO/c1-42(2)67(43(3)4)60-27-18-24-53(48-21-13-10-14-22-48)65(60)59-41-62-58(40-63(59)67)55-38-37-52(39-61(55)68(62,44(5)6)45(7)8)69(50-33-29-47(30-34-50)46-19-11-9-12-20-46)51-35-31-49(32-36-51)54-25-17-26-57-56-23-15-16-28-64(56)70-66(54)57/h10-11,13-45H,9,12H2,1-8H3. The second-order valence-corrected chi connectivity index (χ2v) is 21.5. The Morgan fingerprint density at radius 2 is 0.971 bits per heavy atom. The van der Waals surface area contributed by atoms with Crippen molar-refractivity contribution in [3.05, 3.63) is 216 Å². The number of rotatable bonds is 10. The molecular weight excluding hydrogens is 847 g/mol. The summed E-state index contributed by atoms with van der Waals surface area (Å²) in [6, 6.07) is 64.1. The molecule has 0 amide bonds. The van der Waals surface area contributed by atoms with Gasteiger partial charge in [0, 0.05) is 44.2 Å². The molecule has 2 nitrogen and oxygen atoms in total. The molecule has 9 aromatic rings. The number of fused-ring (bicyclic) bond motifs is 9. The number of allylic oxidation sites excluding steroid dienone is 4. The first-order valence-corrected chi connectivity index (χ1v) is 25.8. The van der Waals surface area contributed by atoms with E-state index in [1.54, 1.807) is 0 Å². The smallest absolute Gasteiger partial charge is 0.143 e. The van der Waals surface area contributed by atoms with Crippen LogP contribution in [0.2, 0.25) is 0 Å². The first-order valence-electron chi connectivity index (χ1n) is 25.8. The Balaban J connectivity index is 1.04. The topological polar surface area (TPSA) is 16.4 Å². The average molecular weight is 910 g/mol. The van der Waals surface area contributed by atoms with Crippen LogP contribution in [-0.2, 0) is 10.8 Å². The van der Waals surface area contributed by atoms with Crippen LogP contribution >= 0.6 is 0 Å². The van der Waals surface area contributed by atoms with Gasteiger partial charge in [0.2, 0.25) is 0 Å². The minimum atomic E-state index is -0.233. The van der Waals surface area contributed by atoms with Crippen LogP contribution in [0.15, 0.2) is 193 Å². The number of furan rings is 1. The molecule has 70 heavy (non-hydrogen) atoms. The van der Waals surface area contributed by atoms with E-state index in [0.717, 1.165) is 63.0 Å². The molecule has 0 radical (unpaired) electrons. The molecule has 0 fully saturated rings. The summed E-state index contributed by atoms with van der Waals surface area (Å²) in [5, 5.41) is 2.29. The van der Waals surface area contributed by atoms with Gasteiger partial charge in [-0.1, -0.05) is 189 Å². The van der Waals surface area contributed by atoms with Gasteiger partial charge in [0.15, 0.2) is 0 Å². The number of benzene rings is 8. The van der Waals surface area contributed by atoms with Gasteiger partial charge in [0.25, 0.3) is 0 Å². The van der Waals surface area contributed by atoms with Gasteiger partial charge >= 0.3 is 0 Å². The van der Waals surface area contributed by atoms with Crippen molar-refractivity contribution in [2.45, 2.75) is 79.1 Å². The second-order valence-electron chi connectivity index (χ2n) is 21.5. The zero-order valence-electron chi connectivity index (χ0n) is 42.0. The fourth-order valence-corrected chi connectivity index (χ4v) is 14.0. The first-order chi connectivity index (χ1) is 34.0. The lowest BCUT2D eigenvalue weighted by Gasteiger charge is -2.42. The molecule has 0 N–H and O–H groups in total. The fraction of sp³-hybridized carbons (Fsp3) is 0.235. The van der Waals surface area contributed by atoms with E-state index in [4.69, 9.17) is 4.42 Å². The summed E-state index contributed by atoms with van der Waals surface area (Å²) in [5.74, 6) is 1.44. The van der Waals surface area contributed by atoms with Gasteiger partial charge in [0.1, 0.15) is 11.2 Å². The second kappa shape index (κ2) is 16.8. The Kier molecular flexibility index (Phi) is 10.6. The molecule has 0 saturated heterocycles. The summed E-state index contributed by atoms with van der Waals surface area (Å²) in [5.41, 5.74) is 23.7. The van der Waals surface area contributed by atoms with E-state index in [2.05, 4.69) is 242 Å². The third-order valence-corrected chi connectivity index (χ3v) is 16.8. The summed E-state index contributed by atoms with van der Waals surface area (Å²) >= 11 is 0. The summed E-state index contributed by atoms with van der Waals surface area (Å²) in [4.78, 5) is 2.47. The highest BCUT2D eigenvalue weighted by Crippen LogP contribution is 2.64. The largest absolute Gasteiger partial charge is 0.455 e. The van der Waals surface area contributed by atoms with Crippen LogP contribution in [0.5, 0.6) is 0 Å². The van der Waals surface area contributed by atoms with Gasteiger partial charge in [-0.05, 0) is 163 Å². The molecule has 346 valence electrons. The van der Waals surface area contributed by atoms with Crippen molar-refractivity contribution in [3.63, 3.8) is 0 Å². The van der Waals surface area contributed by atoms with Crippen LogP contribution in [0.3, 0.4) is 0 Å². The Hall–Kier alpha value is -7.16. The highest BCUT2D eigenvalue weighted by atomic mass is 16.3. The van der Waals surface area contributed by atoms with Gasteiger partial charge in [0.05, 0.1) is 0 Å². The minimum Gasteiger partial charge on any atom is -0.455 e. The zero-order valence-corrected chi connectivity index (χ0v) is 42.0. The van der Waals surface area contributed by atoms with Crippen LogP contribution in [0.25, 0.3) is 72.0 Å². The van der Waals surface area contributed by atoms with E-state index in [9.17, 15) is 0 Å². The molecule has 1 aromatic heterocycles. The Bertz CT molecular complexity index is 3520. The van der Waals surface area contributed by atoms with Crippen molar-refractivity contribution in [1.82, 2.24) is 0 Å². The van der Waals surface area contributed by atoms with Gasteiger partial charge < -0.3 is 9.32 Å². The molecule has 0 aliphatic heterocycles. The monoisotopic (exact) mass is 909 g/mol. The van der Waals surface area contributed by atoms with Crippen molar-refractivity contribution >= 4 is 44.6 Å². The van der Waals surface area contributed by atoms with Gasteiger partial charge in [-0.3, -0.25) is 0 Å². The number of nitrogens with zero attached hydrogens (tertiary/aromatic N) is 1. The Morgan fingerprint density at radius 3 is 1.66 bits per heavy atom. The number of anilines is 3. The van der Waals surface area contributed by atoms with E-state index in [1.807, 2.05) is 6.07 Å². The maximum atomic E-state index is 6.53.